The summed E-state index contributed by atoms with van der Waals surface area (Å²) in [5, 5.41) is 35.1. The average molecular weight is 794 g/mol. The normalized spacial score (nSPS) is 47.0. The van der Waals surface area contributed by atoms with Crippen molar-refractivity contribution >= 4 is 16.1 Å². The van der Waals surface area contributed by atoms with Gasteiger partial charge in [-0.05, 0) is 81.0 Å². The molecule has 3 N–H and O–H groups in total. The molecule has 15 nitrogen and oxygen atoms in total. The summed E-state index contributed by atoms with van der Waals surface area (Å²) in [5.41, 5.74) is -3.33. The maximum absolute atomic E-state index is 14.2. The van der Waals surface area contributed by atoms with Gasteiger partial charge in [0.15, 0.2) is 12.6 Å². The Morgan fingerprint density at radius 3 is 2.17 bits per heavy atom. The zero-order valence-electron chi connectivity index (χ0n) is 34.6. The lowest BCUT2D eigenvalue weighted by atomic mass is 9.78. The van der Waals surface area contributed by atoms with Crippen molar-refractivity contribution in [2.75, 3.05) is 27.5 Å². The lowest BCUT2D eigenvalue weighted by Gasteiger charge is -2.49. The molecule has 17 atom stereocenters. The molecule has 0 unspecified atom stereocenters. The van der Waals surface area contributed by atoms with E-state index in [1.807, 2.05) is 46.7 Å². The number of methoxy groups -OCH3 is 1. The fourth-order valence-corrected chi connectivity index (χ4v) is 9.82. The van der Waals surface area contributed by atoms with Crippen molar-refractivity contribution in [3.8, 4) is 0 Å². The average Bonchev–Trinajstić information content (AvgIpc) is 3.39. The number of likely N-dealkylation sites (N-methyl/N-ethyl adjacent to an activating group) is 1. The van der Waals surface area contributed by atoms with Gasteiger partial charge in [0.05, 0.1) is 42.2 Å². The largest absolute Gasteiger partial charge is 0.489 e. The number of carbonyl (C=O) groups is 1. The van der Waals surface area contributed by atoms with Crippen LogP contribution in [0.5, 0.6) is 0 Å². The quantitative estimate of drug-likeness (QED) is 0.228. The van der Waals surface area contributed by atoms with Crippen LogP contribution in [0.1, 0.15) is 94.9 Å². The number of aliphatic hydroxyl groups is 3. The lowest BCUT2D eigenvalue weighted by molar-refractivity contribution is -0.315. The lowest BCUT2D eigenvalue weighted by Crippen LogP contribution is -2.60. The molecule has 0 aliphatic carbocycles. The van der Waals surface area contributed by atoms with E-state index >= 15 is 0 Å². The van der Waals surface area contributed by atoms with E-state index in [9.17, 15) is 28.5 Å². The third kappa shape index (κ3) is 9.30. The van der Waals surface area contributed by atoms with Gasteiger partial charge in [0.25, 0.3) is 10.1 Å². The maximum atomic E-state index is 14.2. The van der Waals surface area contributed by atoms with Crippen LogP contribution < -0.4 is 0 Å². The molecule has 0 amide bonds. The van der Waals surface area contributed by atoms with Crippen LogP contribution >= 0.6 is 0 Å². The fourth-order valence-electron chi connectivity index (χ4n) is 9.08. The number of hydrogen-bond donors (Lipinski definition) is 3. The van der Waals surface area contributed by atoms with Crippen LogP contribution in [0, 0.1) is 17.8 Å². The van der Waals surface area contributed by atoms with Crippen molar-refractivity contribution in [1.29, 1.82) is 0 Å². The second kappa shape index (κ2) is 16.8. The molecule has 314 valence electrons. The molecule has 0 aromatic carbocycles. The van der Waals surface area contributed by atoms with Crippen LogP contribution in [0.2, 0.25) is 0 Å². The van der Waals surface area contributed by atoms with E-state index in [1.165, 1.54) is 14.0 Å². The number of fused-ring (bicyclic) bond motifs is 2. The highest BCUT2D eigenvalue weighted by atomic mass is 32.2. The molecule has 4 aliphatic rings. The van der Waals surface area contributed by atoms with Gasteiger partial charge in [-0.1, -0.05) is 20.8 Å². The van der Waals surface area contributed by atoms with Gasteiger partial charge < -0.3 is 53.4 Å². The van der Waals surface area contributed by atoms with Crippen molar-refractivity contribution < 1.29 is 65.9 Å². The summed E-state index contributed by atoms with van der Waals surface area (Å²) in [5.74, 6) is -2.59. The Hall–Kier alpha value is -1.44. The van der Waals surface area contributed by atoms with E-state index in [-0.39, 0.29) is 25.0 Å². The number of cyclic esters (lactones) is 1. The number of esters is 1. The summed E-state index contributed by atoms with van der Waals surface area (Å²) in [6, 6.07) is -0.271. The number of aliphatic hydroxyl groups excluding tert-OH is 2. The number of ether oxygens (including phenoxy) is 7. The van der Waals surface area contributed by atoms with E-state index in [0.29, 0.717) is 18.6 Å². The third-order valence-electron chi connectivity index (χ3n) is 12.2. The maximum Gasteiger partial charge on any atom is 0.311 e. The van der Waals surface area contributed by atoms with Gasteiger partial charge in [-0.25, -0.2) is 0 Å². The van der Waals surface area contributed by atoms with Crippen LogP contribution in [-0.2, 0) is 52.3 Å². The summed E-state index contributed by atoms with van der Waals surface area (Å²) in [4.78, 5) is 16.2. The van der Waals surface area contributed by atoms with Gasteiger partial charge >= 0.3 is 5.97 Å². The minimum Gasteiger partial charge on any atom is -0.489 e. The molecule has 3 saturated heterocycles. The molecule has 16 heteroatoms. The number of carbonyl (C=O) groups excluding carboxylic acids is 1. The van der Waals surface area contributed by atoms with Crippen molar-refractivity contribution in [1.82, 2.24) is 4.90 Å². The molecule has 4 aliphatic heterocycles. The third-order valence-corrected chi connectivity index (χ3v) is 12.7. The monoisotopic (exact) mass is 793 g/mol. The second-order valence-corrected chi connectivity index (χ2v) is 18.7. The van der Waals surface area contributed by atoms with Crippen LogP contribution in [0.25, 0.3) is 0 Å². The van der Waals surface area contributed by atoms with Crippen LogP contribution in [0.3, 0.4) is 0 Å². The first-order chi connectivity index (χ1) is 24.8. The van der Waals surface area contributed by atoms with Gasteiger partial charge in [-0.15, -0.1) is 0 Å². The van der Waals surface area contributed by atoms with E-state index in [2.05, 4.69) is 0 Å². The van der Waals surface area contributed by atoms with E-state index in [0.717, 1.165) is 11.8 Å². The van der Waals surface area contributed by atoms with E-state index in [4.69, 9.17) is 37.3 Å². The highest BCUT2D eigenvalue weighted by molar-refractivity contribution is 7.86. The first-order valence-corrected chi connectivity index (χ1v) is 21.0. The van der Waals surface area contributed by atoms with E-state index < -0.39 is 106 Å². The molecule has 0 saturated carbocycles. The number of nitrogens with zero attached hydrogens (tertiary/aromatic N) is 1. The first kappa shape index (κ1) is 45.3. The van der Waals surface area contributed by atoms with Gasteiger partial charge in [-0.3, -0.25) is 8.98 Å². The van der Waals surface area contributed by atoms with Crippen molar-refractivity contribution in [3.05, 3.63) is 11.3 Å². The molecule has 0 radical (unpaired) electrons. The molecule has 0 spiro atoms. The topological polar surface area (TPSA) is 189 Å². The van der Waals surface area contributed by atoms with Gasteiger partial charge in [0, 0.05) is 37.8 Å². The molecule has 0 aromatic rings. The molecule has 54 heavy (non-hydrogen) atoms. The molecule has 0 aromatic heterocycles. The zero-order valence-corrected chi connectivity index (χ0v) is 35.4. The Morgan fingerprint density at radius 2 is 1.61 bits per heavy atom. The van der Waals surface area contributed by atoms with Gasteiger partial charge in [0.1, 0.15) is 41.4 Å². The summed E-state index contributed by atoms with van der Waals surface area (Å²) >= 11 is 0. The molecular formula is C38H67NO14S. The van der Waals surface area contributed by atoms with E-state index in [1.54, 1.807) is 34.6 Å². The summed E-state index contributed by atoms with van der Waals surface area (Å²) < 4.78 is 74.8. The number of rotatable bonds is 9. The van der Waals surface area contributed by atoms with Crippen LogP contribution in [0.15, 0.2) is 11.3 Å². The van der Waals surface area contributed by atoms with Gasteiger partial charge in [-0.2, -0.15) is 8.42 Å². The molecule has 3 fully saturated rings. The van der Waals surface area contributed by atoms with Gasteiger partial charge in [0.2, 0.25) is 0 Å². The minimum atomic E-state index is -3.88. The standard InChI is InChI=1S/C38H67NO14S/c1-15-26-38(10,43)31(41)21(4)29-19(2)17-37(9,52-29)32(51-35-28(40)25(39(11)12)16-20(3)47-35)22(5)30(23(6)34(42)49-26)50-27-18-36(8,46-13)33(24(7)48-27)53-54(14,44)45/h20-28,30-33,35,40-41,43H,15-18H2,1-14H3/t20-,21+,22+,23-,24+,25+,26-,27+,28-,30+,31-,32-,33+,35+,36-,37-,38-/m1/s1. The zero-order chi connectivity index (χ0) is 40.9. The Kier molecular flexibility index (Phi) is 14.1. The molecule has 4 rings (SSSR count). The van der Waals surface area contributed by atoms with Crippen LogP contribution in [0.4, 0.5) is 0 Å². The summed E-state index contributed by atoms with van der Waals surface area (Å²) in [7, 11) is 1.34. The Labute approximate surface area is 322 Å². The second-order valence-electron chi connectivity index (χ2n) is 17.1. The minimum absolute atomic E-state index is 0.0333. The predicted octanol–water partition coefficient (Wildman–Crippen LogP) is 2.88. The molecule has 2 bridgehead atoms. The Balaban J connectivity index is 1.84. The predicted molar refractivity (Wildman–Crippen MR) is 197 cm³/mol. The summed E-state index contributed by atoms with van der Waals surface area (Å²) in [6.45, 7) is 17.6. The Morgan fingerprint density at radius 1 is 0.981 bits per heavy atom. The smallest absolute Gasteiger partial charge is 0.311 e. The van der Waals surface area contributed by atoms with Crippen molar-refractivity contribution in [2.24, 2.45) is 17.8 Å². The summed E-state index contributed by atoms with van der Waals surface area (Å²) in [6.07, 6.45) is -7.43. The molecule has 4 heterocycles. The fraction of sp³-hybridized carbons (Fsp3) is 0.921. The van der Waals surface area contributed by atoms with Crippen molar-refractivity contribution in [3.63, 3.8) is 0 Å². The highest BCUT2D eigenvalue weighted by Crippen LogP contribution is 2.47. The SMILES string of the molecule is CC[C@H]1OC(=O)[C@H](C)[C@@H](O[C@H]2C[C@@](C)(OC)[C@@H](OS(C)(=O)=O)[C@H](C)O2)[C@H](C)[C@@H](O[C@@H]2O[C@H](C)C[C@H](N(C)C)[C@H]2O)[C@@]2(C)CC(C)=C(O2)[C@H](C)[C@@H](O)[C@]1(C)O. The highest BCUT2D eigenvalue weighted by Gasteiger charge is 2.56. The first-order valence-electron chi connectivity index (χ1n) is 19.2. The van der Waals surface area contributed by atoms with Crippen LogP contribution in [-0.4, -0.2) is 146 Å². The number of hydrogen-bond acceptors (Lipinski definition) is 15. The molecular weight excluding hydrogens is 726 g/mol. The Bertz CT molecular complexity index is 1460. The van der Waals surface area contributed by atoms with Crippen molar-refractivity contribution in [2.45, 2.75) is 179 Å².